The number of nitriles is 1. The molecule has 0 saturated carbocycles. The van der Waals surface area contributed by atoms with Crippen LogP contribution < -0.4 is 11.1 Å². The van der Waals surface area contributed by atoms with Gasteiger partial charge in [-0.15, -0.1) is 0 Å². The first kappa shape index (κ1) is 10.3. The Morgan fingerprint density at radius 3 is 1.75 bits per heavy atom. The van der Waals surface area contributed by atoms with Gasteiger partial charge in [-0.1, -0.05) is 13.8 Å². The molecule has 3 heteroatoms. The van der Waals surface area contributed by atoms with Gasteiger partial charge in [0, 0.05) is 0 Å². The smallest absolute Gasteiger partial charge is 0.173 e. The summed E-state index contributed by atoms with van der Waals surface area (Å²) in [6.45, 7) is 6.39. The summed E-state index contributed by atoms with van der Waals surface area (Å²) < 4.78 is 0. The Bertz CT molecular complexity index is 53.2. The predicted octanol–water partition coefficient (Wildman–Crippen LogP) is 0.0420. The molecule has 0 bridgehead atoms. The molecular weight excluding hydrogens is 102 g/mol. The fourth-order valence-corrected chi connectivity index (χ4v) is 0.250. The van der Waals surface area contributed by atoms with Gasteiger partial charge >= 0.3 is 0 Å². The minimum absolute atomic E-state index is 1.09. The highest BCUT2D eigenvalue weighted by molar-refractivity contribution is 4.46. The maximum Gasteiger partial charge on any atom is 0.173 e. The van der Waals surface area contributed by atoms with Crippen LogP contribution in [-0.4, -0.2) is 13.1 Å². The molecule has 48 valence electrons. The normalized spacial score (nSPS) is 6.12. The molecular formula is C5H13N3. The lowest BCUT2D eigenvalue weighted by molar-refractivity contribution is 0.762. The Morgan fingerprint density at radius 2 is 1.75 bits per heavy atom. The Balaban J connectivity index is 0. The third kappa shape index (κ3) is 60.7. The van der Waals surface area contributed by atoms with Crippen LogP contribution in [0.15, 0.2) is 0 Å². The van der Waals surface area contributed by atoms with Gasteiger partial charge in [-0.3, -0.25) is 0 Å². The number of hydrogen-bond donors (Lipinski definition) is 2. The molecule has 0 aromatic rings. The Morgan fingerprint density at radius 1 is 1.50 bits per heavy atom. The first-order valence-electron chi connectivity index (χ1n) is 2.63. The maximum atomic E-state index is 7.10. The maximum absolute atomic E-state index is 7.10. The summed E-state index contributed by atoms with van der Waals surface area (Å²) in [4.78, 5) is 0. The number of nitrogens with two attached hydrogens (primary N) is 1. The van der Waals surface area contributed by atoms with Crippen LogP contribution in [0.4, 0.5) is 0 Å². The second-order valence-electron chi connectivity index (χ2n) is 1.09. The largest absolute Gasteiger partial charge is 0.337 e. The molecule has 0 fully saturated rings. The van der Waals surface area contributed by atoms with Crippen molar-refractivity contribution in [2.24, 2.45) is 5.73 Å². The van der Waals surface area contributed by atoms with Crippen molar-refractivity contribution < 1.29 is 0 Å². The highest BCUT2D eigenvalue weighted by Gasteiger charge is 1.62. The van der Waals surface area contributed by atoms with E-state index >= 15 is 0 Å². The van der Waals surface area contributed by atoms with Crippen LogP contribution in [-0.2, 0) is 0 Å². The molecule has 0 aliphatic heterocycles. The molecule has 0 atom stereocenters. The molecule has 3 nitrogen and oxygen atoms in total. The summed E-state index contributed by atoms with van der Waals surface area (Å²) in [5, 5.41) is 10.2. The van der Waals surface area contributed by atoms with E-state index in [0.29, 0.717) is 0 Å². The Labute approximate surface area is 50.5 Å². The molecule has 0 saturated heterocycles. The topological polar surface area (TPSA) is 61.8 Å². The van der Waals surface area contributed by atoms with Gasteiger partial charge in [0.2, 0.25) is 0 Å². The third-order valence-electron chi connectivity index (χ3n) is 0.500. The summed E-state index contributed by atoms with van der Waals surface area (Å²) in [7, 11) is 0. The van der Waals surface area contributed by atoms with E-state index in [1.165, 1.54) is 6.19 Å². The lowest BCUT2D eigenvalue weighted by atomic mass is 10.7. The van der Waals surface area contributed by atoms with E-state index in [0.717, 1.165) is 13.1 Å². The van der Waals surface area contributed by atoms with Gasteiger partial charge in [-0.2, -0.15) is 5.26 Å². The monoisotopic (exact) mass is 115 g/mol. The second kappa shape index (κ2) is 16.3. The van der Waals surface area contributed by atoms with Crippen LogP contribution in [0.25, 0.3) is 0 Å². The van der Waals surface area contributed by atoms with Crippen molar-refractivity contribution in [3.8, 4) is 6.19 Å². The first-order chi connectivity index (χ1) is 3.83. The van der Waals surface area contributed by atoms with E-state index in [2.05, 4.69) is 24.9 Å². The number of rotatable bonds is 2. The van der Waals surface area contributed by atoms with Crippen molar-refractivity contribution >= 4 is 0 Å². The van der Waals surface area contributed by atoms with E-state index < -0.39 is 0 Å². The van der Waals surface area contributed by atoms with Crippen molar-refractivity contribution in [1.82, 2.24) is 5.32 Å². The number of nitrogens with one attached hydrogen (secondary N) is 1. The molecule has 0 aliphatic carbocycles. The van der Waals surface area contributed by atoms with Crippen molar-refractivity contribution in [1.29, 1.82) is 5.26 Å². The van der Waals surface area contributed by atoms with E-state index in [4.69, 9.17) is 5.26 Å². The summed E-state index contributed by atoms with van der Waals surface area (Å²) in [6, 6.07) is 0. The zero-order valence-corrected chi connectivity index (χ0v) is 5.44. The molecule has 0 aliphatic rings. The summed E-state index contributed by atoms with van der Waals surface area (Å²) in [5.41, 5.74) is 4.15. The molecule has 0 aromatic carbocycles. The highest BCUT2D eigenvalue weighted by Crippen LogP contribution is 1.47. The van der Waals surface area contributed by atoms with Crippen LogP contribution in [0.1, 0.15) is 13.8 Å². The van der Waals surface area contributed by atoms with E-state index in [9.17, 15) is 0 Å². The van der Waals surface area contributed by atoms with Crippen LogP contribution >= 0.6 is 0 Å². The van der Waals surface area contributed by atoms with Crippen molar-refractivity contribution in [2.75, 3.05) is 13.1 Å². The summed E-state index contributed by atoms with van der Waals surface area (Å²) >= 11 is 0. The van der Waals surface area contributed by atoms with E-state index in [-0.39, 0.29) is 0 Å². The number of hydrogen-bond acceptors (Lipinski definition) is 3. The third-order valence-corrected chi connectivity index (χ3v) is 0.500. The van der Waals surface area contributed by atoms with Crippen LogP contribution in [0, 0.1) is 11.5 Å². The average molecular weight is 115 g/mol. The van der Waals surface area contributed by atoms with Crippen LogP contribution in [0.2, 0.25) is 0 Å². The van der Waals surface area contributed by atoms with Gasteiger partial charge in [-0.05, 0) is 13.1 Å². The van der Waals surface area contributed by atoms with Gasteiger partial charge in [0.15, 0.2) is 6.19 Å². The molecule has 0 amide bonds. The molecule has 0 rings (SSSR count). The van der Waals surface area contributed by atoms with Crippen molar-refractivity contribution in [3.63, 3.8) is 0 Å². The molecule has 0 heterocycles. The molecule has 8 heavy (non-hydrogen) atoms. The molecule has 3 N–H and O–H groups in total. The minimum Gasteiger partial charge on any atom is -0.337 e. The zero-order chi connectivity index (χ0) is 6.83. The number of nitrogens with zero attached hydrogens (tertiary/aromatic N) is 1. The van der Waals surface area contributed by atoms with Crippen molar-refractivity contribution in [3.05, 3.63) is 0 Å². The first-order valence-corrected chi connectivity index (χ1v) is 2.63. The standard InChI is InChI=1S/C4H11N.CH2N2/c1-3-5-4-2;2-1-3/h5H,3-4H2,1-2H3;2H2. The summed E-state index contributed by atoms with van der Waals surface area (Å²) in [5.74, 6) is 0. The Kier molecular flexibility index (Phi) is 20.9. The quantitative estimate of drug-likeness (QED) is 0.394. The SMILES string of the molecule is CCNCC.N#CN. The minimum atomic E-state index is 1.09. The van der Waals surface area contributed by atoms with Gasteiger partial charge in [0.1, 0.15) is 0 Å². The lowest BCUT2D eigenvalue weighted by Gasteiger charge is -1.86. The average Bonchev–Trinajstić information content (AvgIpc) is 1.71. The van der Waals surface area contributed by atoms with E-state index in [1.54, 1.807) is 0 Å². The molecule has 0 spiro atoms. The molecule has 0 radical (unpaired) electrons. The van der Waals surface area contributed by atoms with E-state index in [1.807, 2.05) is 0 Å². The predicted molar refractivity (Wildman–Crippen MR) is 34.0 cm³/mol. The molecule has 0 unspecified atom stereocenters. The second-order valence-corrected chi connectivity index (χ2v) is 1.09. The van der Waals surface area contributed by atoms with Gasteiger partial charge in [0.25, 0.3) is 0 Å². The highest BCUT2D eigenvalue weighted by atomic mass is 14.8. The lowest BCUT2D eigenvalue weighted by Crippen LogP contribution is -2.09. The fraction of sp³-hybridized carbons (Fsp3) is 0.800. The van der Waals surface area contributed by atoms with Crippen LogP contribution in [0.3, 0.4) is 0 Å². The fourth-order valence-electron chi connectivity index (χ4n) is 0.250. The van der Waals surface area contributed by atoms with Gasteiger partial charge in [0.05, 0.1) is 0 Å². The Hall–Kier alpha value is -0.750. The molecule has 0 aromatic heterocycles. The van der Waals surface area contributed by atoms with Gasteiger partial charge in [-0.25, -0.2) is 0 Å². The zero-order valence-electron chi connectivity index (χ0n) is 5.44. The van der Waals surface area contributed by atoms with Crippen molar-refractivity contribution in [2.45, 2.75) is 13.8 Å². The van der Waals surface area contributed by atoms with Crippen LogP contribution in [0.5, 0.6) is 0 Å². The van der Waals surface area contributed by atoms with Gasteiger partial charge < -0.3 is 11.1 Å². The summed E-state index contributed by atoms with van der Waals surface area (Å²) in [6.07, 6.45) is 1.25.